The number of fused-ring (bicyclic) bond motifs is 3. The van der Waals surface area contributed by atoms with E-state index in [1.165, 1.54) is 11.8 Å². The van der Waals surface area contributed by atoms with E-state index >= 15 is 0 Å². The predicted molar refractivity (Wildman–Crippen MR) is 126 cm³/mol. The number of nitrogens with one attached hydrogen (secondary N) is 1. The molecule has 2 heterocycles. The van der Waals surface area contributed by atoms with E-state index in [1.54, 1.807) is 29.9 Å². The zero-order valence-corrected chi connectivity index (χ0v) is 19.2. The molecule has 0 unspecified atom stereocenters. The van der Waals surface area contributed by atoms with Crippen LogP contribution in [0.1, 0.15) is 18.9 Å². The van der Waals surface area contributed by atoms with E-state index in [0.717, 1.165) is 17.7 Å². The van der Waals surface area contributed by atoms with Crippen molar-refractivity contribution in [2.24, 2.45) is 0 Å². The first kappa shape index (κ1) is 22.2. The molecule has 0 radical (unpaired) electrons. The summed E-state index contributed by atoms with van der Waals surface area (Å²) in [4.78, 5) is 25.4. The van der Waals surface area contributed by atoms with E-state index in [2.05, 4.69) is 15.5 Å². The predicted octanol–water partition coefficient (Wildman–Crippen LogP) is 3.52. The molecular weight excluding hydrogens is 450 g/mol. The lowest BCUT2D eigenvalue weighted by molar-refractivity contribution is -0.118. The third kappa shape index (κ3) is 4.44. The van der Waals surface area contributed by atoms with Gasteiger partial charge >= 0.3 is 0 Å². The summed E-state index contributed by atoms with van der Waals surface area (Å²) in [7, 11) is 1.61. The van der Waals surface area contributed by atoms with Gasteiger partial charge in [-0.2, -0.15) is 0 Å². The second kappa shape index (κ2) is 9.62. The van der Waals surface area contributed by atoms with Crippen molar-refractivity contribution in [3.05, 3.63) is 63.4 Å². The molecule has 0 saturated carbocycles. The molecule has 0 saturated heterocycles. The number of halogens is 1. The van der Waals surface area contributed by atoms with Crippen LogP contribution in [0.3, 0.4) is 0 Å². The molecule has 4 rings (SSSR count). The van der Waals surface area contributed by atoms with Crippen molar-refractivity contribution in [2.45, 2.75) is 31.6 Å². The summed E-state index contributed by atoms with van der Waals surface area (Å²) in [6, 6.07) is 12.7. The first-order valence-electron chi connectivity index (χ1n) is 10.1. The number of benzene rings is 2. The Kier molecular flexibility index (Phi) is 6.66. The summed E-state index contributed by atoms with van der Waals surface area (Å²) >= 11 is 7.40. The van der Waals surface area contributed by atoms with Gasteiger partial charge in [0, 0.05) is 18.1 Å². The summed E-state index contributed by atoms with van der Waals surface area (Å²) in [5.41, 5.74) is 1.45. The van der Waals surface area contributed by atoms with Crippen LogP contribution in [0.5, 0.6) is 5.75 Å². The Bertz CT molecular complexity index is 1350. The van der Waals surface area contributed by atoms with E-state index in [9.17, 15) is 9.59 Å². The Hall–Kier alpha value is -3.04. The van der Waals surface area contributed by atoms with Crippen LogP contribution in [0, 0.1) is 0 Å². The Morgan fingerprint density at radius 3 is 2.84 bits per heavy atom. The number of aryl methyl sites for hydroxylation is 1. The minimum Gasteiger partial charge on any atom is -0.497 e. The average molecular weight is 472 g/mol. The first-order chi connectivity index (χ1) is 15.5. The highest BCUT2D eigenvalue weighted by atomic mass is 35.5. The van der Waals surface area contributed by atoms with Crippen LogP contribution >= 0.6 is 23.4 Å². The van der Waals surface area contributed by atoms with Crippen molar-refractivity contribution in [3.8, 4) is 5.75 Å². The molecule has 2 aromatic heterocycles. The van der Waals surface area contributed by atoms with Gasteiger partial charge in [0.15, 0.2) is 5.16 Å². The topological polar surface area (TPSA) is 90.5 Å². The highest BCUT2D eigenvalue weighted by molar-refractivity contribution is 7.99. The Labute approximate surface area is 193 Å². The van der Waals surface area contributed by atoms with Gasteiger partial charge in [-0.1, -0.05) is 42.4 Å². The monoisotopic (exact) mass is 471 g/mol. The Morgan fingerprint density at radius 1 is 1.22 bits per heavy atom. The molecule has 10 heteroatoms. The van der Waals surface area contributed by atoms with E-state index in [1.807, 2.05) is 35.6 Å². The zero-order valence-electron chi connectivity index (χ0n) is 17.7. The second-order valence-electron chi connectivity index (χ2n) is 7.15. The van der Waals surface area contributed by atoms with Crippen LogP contribution in [0.2, 0.25) is 5.02 Å². The van der Waals surface area contributed by atoms with E-state index in [4.69, 9.17) is 16.3 Å². The van der Waals surface area contributed by atoms with Crippen LogP contribution < -0.4 is 15.6 Å². The highest BCUT2D eigenvalue weighted by Gasteiger charge is 2.17. The summed E-state index contributed by atoms with van der Waals surface area (Å²) in [6.45, 7) is 2.90. The molecule has 1 amide bonds. The molecule has 0 atom stereocenters. The van der Waals surface area contributed by atoms with Crippen molar-refractivity contribution in [2.75, 3.05) is 12.9 Å². The third-order valence-electron chi connectivity index (χ3n) is 4.94. The SMILES string of the molecule is CCCn1c(=O)c2cc(Cl)ccc2n2c(SCC(=O)NCc3cccc(OC)c3)nnc12. The number of hydrogen-bond acceptors (Lipinski definition) is 6. The average Bonchev–Trinajstić information content (AvgIpc) is 3.23. The largest absolute Gasteiger partial charge is 0.497 e. The van der Waals surface area contributed by atoms with E-state index in [-0.39, 0.29) is 17.2 Å². The minimum absolute atomic E-state index is 0.135. The van der Waals surface area contributed by atoms with Gasteiger partial charge in [0.1, 0.15) is 5.75 Å². The highest BCUT2D eigenvalue weighted by Crippen LogP contribution is 2.23. The maximum absolute atomic E-state index is 13.0. The maximum atomic E-state index is 13.0. The molecule has 8 nitrogen and oxygen atoms in total. The number of rotatable bonds is 8. The molecule has 0 aliphatic rings. The number of amides is 1. The van der Waals surface area contributed by atoms with Crippen LogP contribution in [0.25, 0.3) is 16.7 Å². The number of hydrogen-bond donors (Lipinski definition) is 1. The second-order valence-corrected chi connectivity index (χ2v) is 8.53. The molecule has 0 fully saturated rings. The van der Waals surface area contributed by atoms with Crippen LogP contribution in [0.15, 0.2) is 52.4 Å². The lowest BCUT2D eigenvalue weighted by Crippen LogP contribution is -2.25. The molecule has 32 heavy (non-hydrogen) atoms. The minimum atomic E-state index is -0.156. The normalized spacial score (nSPS) is 11.2. The summed E-state index contributed by atoms with van der Waals surface area (Å²) in [5.74, 6) is 1.22. The Morgan fingerprint density at radius 2 is 2.06 bits per heavy atom. The van der Waals surface area contributed by atoms with Gasteiger partial charge in [-0.3, -0.25) is 18.6 Å². The summed E-state index contributed by atoms with van der Waals surface area (Å²) < 4.78 is 8.61. The van der Waals surface area contributed by atoms with Crippen molar-refractivity contribution < 1.29 is 9.53 Å². The fraction of sp³-hybridized carbons (Fsp3) is 0.273. The van der Waals surface area contributed by atoms with Gasteiger partial charge in [-0.05, 0) is 42.3 Å². The fourth-order valence-electron chi connectivity index (χ4n) is 3.44. The number of carbonyl (C=O) groups is 1. The summed E-state index contributed by atoms with van der Waals surface area (Å²) in [6.07, 6.45) is 0.768. The number of nitrogens with zero attached hydrogens (tertiary/aromatic N) is 4. The first-order valence-corrected chi connectivity index (χ1v) is 11.5. The molecule has 0 bridgehead atoms. The molecule has 0 spiro atoms. The van der Waals surface area contributed by atoms with Gasteiger partial charge in [-0.15, -0.1) is 10.2 Å². The van der Waals surface area contributed by atoms with Crippen molar-refractivity contribution in [1.29, 1.82) is 0 Å². The molecular formula is C22H22ClN5O3S. The molecule has 0 aliphatic carbocycles. The summed E-state index contributed by atoms with van der Waals surface area (Å²) in [5, 5.41) is 12.9. The van der Waals surface area contributed by atoms with Crippen LogP contribution in [0.4, 0.5) is 0 Å². The van der Waals surface area contributed by atoms with E-state index in [0.29, 0.717) is 39.9 Å². The number of methoxy groups -OCH3 is 1. The molecule has 2 aromatic carbocycles. The number of thioether (sulfide) groups is 1. The van der Waals surface area contributed by atoms with Crippen molar-refractivity contribution in [1.82, 2.24) is 24.5 Å². The van der Waals surface area contributed by atoms with Crippen molar-refractivity contribution in [3.63, 3.8) is 0 Å². The number of carbonyl (C=O) groups excluding carboxylic acids is 1. The molecule has 0 aliphatic heterocycles. The smallest absolute Gasteiger partial charge is 0.262 e. The van der Waals surface area contributed by atoms with Crippen LogP contribution in [-0.2, 0) is 17.9 Å². The lowest BCUT2D eigenvalue weighted by atomic mass is 10.2. The Balaban J connectivity index is 1.57. The third-order valence-corrected chi connectivity index (χ3v) is 6.10. The number of aromatic nitrogens is 4. The molecule has 4 aromatic rings. The van der Waals surface area contributed by atoms with E-state index < -0.39 is 0 Å². The van der Waals surface area contributed by atoms with Crippen LogP contribution in [-0.4, -0.2) is 37.9 Å². The van der Waals surface area contributed by atoms with Crippen molar-refractivity contribution >= 4 is 46.0 Å². The quantitative estimate of drug-likeness (QED) is 0.395. The van der Waals surface area contributed by atoms with Gasteiger partial charge in [0.05, 0.1) is 23.8 Å². The lowest BCUT2D eigenvalue weighted by Gasteiger charge is -2.11. The molecule has 166 valence electrons. The zero-order chi connectivity index (χ0) is 22.7. The number of ether oxygens (including phenoxy) is 1. The standard InChI is InChI=1S/C22H22ClN5O3S/c1-3-9-27-20(30)17-11-15(23)7-8-18(17)28-21(27)25-26-22(28)32-13-19(29)24-12-14-5-4-6-16(10-14)31-2/h4-8,10-11H,3,9,12-13H2,1-2H3,(H,24,29). The maximum Gasteiger partial charge on any atom is 0.262 e. The van der Waals surface area contributed by atoms with Gasteiger partial charge in [-0.25, -0.2) is 0 Å². The van der Waals surface area contributed by atoms with Gasteiger partial charge in [0.2, 0.25) is 11.7 Å². The van der Waals surface area contributed by atoms with Gasteiger partial charge < -0.3 is 10.1 Å². The van der Waals surface area contributed by atoms with Gasteiger partial charge in [0.25, 0.3) is 5.56 Å². The fourth-order valence-corrected chi connectivity index (χ4v) is 4.38. The molecule has 1 N–H and O–H groups in total.